The first-order valence-corrected chi connectivity index (χ1v) is 8.66. The summed E-state index contributed by atoms with van der Waals surface area (Å²) in [6.45, 7) is 3.62. The fourth-order valence-electron chi connectivity index (χ4n) is 2.21. The number of carbonyl (C=O) groups excluding carboxylic acids is 1. The molecule has 0 saturated heterocycles. The van der Waals surface area contributed by atoms with Crippen molar-refractivity contribution < 1.29 is 23.4 Å². The van der Waals surface area contributed by atoms with E-state index in [0.717, 1.165) is 0 Å². The van der Waals surface area contributed by atoms with E-state index < -0.39 is 18.1 Å². The van der Waals surface area contributed by atoms with Crippen LogP contribution in [-0.2, 0) is 4.79 Å². The van der Waals surface area contributed by atoms with E-state index in [1.54, 1.807) is 20.9 Å². The van der Waals surface area contributed by atoms with Gasteiger partial charge in [0.25, 0.3) is 0 Å². The third-order valence-electron chi connectivity index (χ3n) is 3.77. The molecule has 0 radical (unpaired) electrons. The Kier molecular flexibility index (Phi) is 11.9. The van der Waals surface area contributed by atoms with E-state index in [2.05, 4.69) is 25.7 Å². The van der Waals surface area contributed by atoms with Crippen LogP contribution in [0.3, 0.4) is 0 Å². The van der Waals surface area contributed by atoms with Crippen LogP contribution in [0.2, 0.25) is 0 Å². The maximum Gasteiger partial charge on any atom is 0.387 e. The molecule has 7 nitrogen and oxygen atoms in total. The fraction of sp³-hybridized carbons (Fsp3) is 0.556. The van der Waals surface area contributed by atoms with E-state index in [0.29, 0.717) is 18.1 Å². The molecule has 0 saturated carbocycles. The first-order chi connectivity index (χ1) is 12.7. The molecule has 0 aliphatic heterocycles. The molecule has 1 aromatic rings. The van der Waals surface area contributed by atoms with Crippen molar-refractivity contribution >= 4 is 35.8 Å². The number of guanidine groups is 1. The minimum atomic E-state index is -2.89. The third-order valence-corrected chi connectivity index (χ3v) is 3.77. The molecule has 1 aromatic carbocycles. The monoisotopic (exact) mass is 514 g/mol. The lowest BCUT2D eigenvalue weighted by molar-refractivity contribution is -0.128. The number of aliphatic imine (C=N–C) groups is 1. The number of ether oxygens (including phenoxy) is 1. The molecule has 0 spiro atoms. The van der Waals surface area contributed by atoms with Crippen LogP contribution in [0.1, 0.15) is 32.4 Å². The Morgan fingerprint density at radius 3 is 2.36 bits per heavy atom. The number of halogens is 3. The highest BCUT2D eigenvalue weighted by molar-refractivity contribution is 14.0. The molecule has 1 unspecified atom stereocenters. The normalized spacial score (nSPS) is 12.8. The highest BCUT2D eigenvalue weighted by Gasteiger charge is 2.26. The molecule has 0 aromatic heterocycles. The number of hydrogen-bond acceptors (Lipinski definition) is 4. The van der Waals surface area contributed by atoms with Crippen LogP contribution in [-0.4, -0.2) is 50.3 Å². The minimum absolute atomic E-state index is 0. The number of amides is 1. The second-order valence-electron chi connectivity index (χ2n) is 6.50. The number of aliphatic hydroxyl groups excluding tert-OH is 1. The van der Waals surface area contributed by atoms with Gasteiger partial charge in [0.15, 0.2) is 5.96 Å². The van der Waals surface area contributed by atoms with Gasteiger partial charge in [0.2, 0.25) is 5.91 Å². The molecular formula is C18H29F2IN4O3. The van der Waals surface area contributed by atoms with Gasteiger partial charge in [-0.05, 0) is 38.5 Å². The van der Waals surface area contributed by atoms with Gasteiger partial charge in [-0.3, -0.25) is 9.79 Å². The SMILES string of the molecule is CCNC(=NCC(C)(C)C(=O)NC)NCC(O)c1ccc(OC(F)F)cc1.I. The molecule has 160 valence electrons. The molecule has 0 bridgehead atoms. The van der Waals surface area contributed by atoms with Crippen LogP contribution in [0.15, 0.2) is 29.3 Å². The molecule has 4 N–H and O–H groups in total. The van der Waals surface area contributed by atoms with E-state index in [-0.39, 0.29) is 48.7 Å². The zero-order chi connectivity index (χ0) is 20.4. The number of benzene rings is 1. The van der Waals surface area contributed by atoms with Gasteiger partial charge < -0.3 is 25.8 Å². The summed E-state index contributed by atoms with van der Waals surface area (Å²) in [5.74, 6) is 0.375. The number of hydrogen-bond donors (Lipinski definition) is 4. The van der Waals surface area contributed by atoms with Gasteiger partial charge in [-0.15, -0.1) is 24.0 Å². The topological polar surface area (TPSA) is 95.0 Å². The van der Waals surface area contributed by atoms with Gasteiger partial charge in [0.1, 0.15) is 5.75 Å². The van der Waals surface area contributed by atoms with Crippen molar-refractivity contribution in [3.63, 3.8) is 0 Å². The van der Waals surface area contributed by atoms with Gasteiger partial charge >= 0.3 is 6.61 Å². The summed E-state index contributed by atoms with van der Waals surface area (Å²) in [6, 6.07) is 5.78. The number of rotatable bonds is 9. The van der Waals surface area contributed by atoms with Crippen molar-refractivity contribution in [2.45, 2.75) is 33.5 Å². The lowest BCUT2D eigenvalue weighted by Gasteiger charge is -2.21. The standard InChI is InChI=1S/C18H28F2N4O3.HI/c1-5-22-17(24-11-18(2,3)15(26)21-4)23-10-14(25)12-6-8-13(9-7-12)27-16(19)20;/h6-9,14,16,25H,5,10-11H2,1-4H3,(H,21,26)(H2,22,23,24);1H. The van der Waals surface area contributed by atoms with Crippen molar-refractivity contribution in [1.29, 1.82) is 0 Å². The highest BCUT2D eigenvalue weighted by Crippen LogP contribution is 2.19. The molecule has 1 rings (SSSR count). The van der Waals surface area contributed by atoms with Crippen molar-refractivity contribution in [3.05, 3.63) is 29.8 Å². The second kappa shape index (κ2) is 12.7. The van der Waals surface area contributed by atoms with Crippen molar-refractivity contribution in [2.75, 3.05) is 26.7 Å². The average Bonchev–Trinajstić information content (AvgIpc) is 2.63. The second-order valence-corrected chi connectivity index (χ2v) is 6.50. The van der Waals surface area contributed by atoms with E-state index in [4.69, 9.17) is 0 Å². The maximum atomic E-state index is 12.2. The average molecular weight is 514 g/mol. The van der Waals surface area contributed by atoms with Crippen LogP contribution >= 0.6 is 24.0 Å². The quantitative estimate of drug-likeness (QED) is 0.231. The van der Waals surface area contributed by atoms with Gasteiger partial charge in [-0.2, -0.15) is 8.78 Å². The molecule has 0 heterocycles. The summed E-state index contributed by atoms with van der Waals surface area (Å²) in [5.41, 5.74) is -0.123. The smallest absolute Gasteiger partial charge is 0.387 e. The summed E-state index contributed by atoms with van der Waals surface area (Å²) in [4.78, 5) is 16.2. The van der Waals surface area contributed by atoms with E-state index in [1.165, 1.54) is 24.3 Å². The molecule has 10 heteroatoms. The largest absolute Gasteiger partial charge is 0.435 e. The Hall–Kier alpha value is -1.69. The number of alkyl halides is 2. The fourth-order valence-corrected chi connectivity index (χ4v) is 2.21. The Morgan fingerprint density at radius 2 is 1.86 bits per heavy atom. The Labute approximate surface area is 181 Å². The summed E-state index contributed by atoms with van der Waals surface area (Å²) in [6.07, 6.45) is -0.874. The van der Waals surface area contributed by atoms with Crippen molar-refractivity contribution in [2.24, 2.45) is 10.4 Å². The Bertz CT molecular complexity index is 628. The number of aliphatic hydroxyl groups is 1. The Balaban J connectivity index is 0.00000729. The first-order valence-electron chi connectivity index (χ1n) is 8.66. The van der Waals surface area contributed by atoms with E-state index in [1.807, 2.05) is 6.92 Å². The maximum absolute atomic E-state index is 12.2. The van der Waals surface area contributed by atoms with Crippen LogP contribution in [0.4, 0.5) is 8.78 Å². The van der Waals surface area contributed by atoms with E-state index in [9.17, 15) is 18.7 Å². The molecular weight excluding hydrogens is 485 g/mol. The predicted molar refractivity (Wildman–Crippen MR) is 115 cm³/mol. The van der Waals surface area contributed by atoms with Crippen LogP contribution in [0.5, 0.6) is 5.75 Å². The van der Waals surface area contributed by atoms with Gasteiger partial charge in [-0.1, -0.05) is 12.1 Å². The summed E-state index contributed by atoms with van der Waals surface area (Å²) < 4.78 is 28.6. The van der Waals surface area contributed by atoms with Crippen molar-refractivity contribution in [3.8, 4) is 5.75 Å². The summed E-state index contributed by atoms with van der Waals surface area (Å²) in [7, 11) is 1.57. The van der Waals surface area contributed by atoms with E-state index >= 15 is 0 Å². The molecule has 1 amide bonds. The molecule has 28 heavy (non-hydrogen) atoms. The Morgan fingerprint density at radius 1 is 1.25 bits per heavy atom. The molecule has 0 aliphatic rings. The van der Waals surface area contributed by atoms with Gasteiger partial charge in [0.05, 0.1) is 18.1 Å². The van der Waals surface area contributed by atoms with Crippen LogP contribution < -0.4 is 20.7 Å². The predicted octanol–water partition coefficient (Wildman–Crippen LogP) is 2.27. The van der Waals surface area contributed by atoms with Crippen LogP contribution in [0, 0.1) is 5.41 Å². The molecule has 1 atom stereocenters. The summed E-state index contributed by atoms with van der Waals surface area (Å²) >= 11 is 0. The minimum Gasteiger partial charge on any atom is -0.435 e. The molecule has 0 fully saturated rings. The number of carbonyl (C=O) groups is 1. The zero-order valence-electron chi connectivity index (χ0n) is 16.5. The lowest BCUT2D eigenvalue weighted by atomic mass is 9.93. The lowest BCUT2D eigenvalue weighted by Crippen LogP contribution is -2.42. The van der Waals surface area contributed by atoms with Gasteiger partial charge in [-0.25, -0.2) is 0 Å². The number of nitrogens with zero attached hydrogens (tertiary/aromatic N) is 1. The van der Waals surface area contributed by atoms with Crippen LogP contribution in [0.25, 0.3) is 0 Å². The van der Waals surface area contributed by atoms with Gasteiger partial charge in [0, 0.05) is 20.1 Å². The third kappa shape index (κ3) is 9.00. The highest BCUT2D eigenvalue weighted by atomic mass is 127. The first kappa shape index (κ1) is 26.3. The number of nitrogens with one attached hydrogen (secondary N) is 3. The zero-order valence-corrected chi connectivity index (χ0v) is 18.8. The molecule has 0 aliphatic carbocycles. The summed E-state index contributed by atoms with van der Waals surface area (Å²) in [5, 5.41) is 18.9. The van der Waals surface area contributed by atoms with Crippen molar-refractivity contribution in [1.82, 2.24) is 16.0 Å².